The summed E-state index contributed by atoms with van der Waals surface area (Å²) >= 11 is 3.86. The van der Waals surface area contributed by atoms with Gasteiger partial charge in [0.2, 0.25) is 0 Å². The fraction of sp³-hybridized carbons (Fsp3) is 0.667. The molecule has 0 aromatic rings. The molecule has 0 aliphatic carbocycles. The van der Waals surface area contributed by atoms with E-state index in [-0.39, 0.29) is 22.4 Å². The molecule has 0 radical (unpaired) electrons. The van der Waals surface area contributed by atoms with Crippen molar-refractivity contribution in [2.45, 2.75) is 6.42 Å². The monoisotopic (exact) mass is 272 g/mol. The van der Waals surface area contributed by atoms with E-state index in [1.54, 1.807) is 0 Å². The summed E-state index contributed by atoms with van der Waals surface area (Å²) in [5, 5.41) is 0. The average molecular weight is 272 g/mol. The second-order valence-corrected chi connectivity index (χ2v) is 1.02. The third-order valence-corrected chi connectivity index (χ3v) is 0.474. The molecule has 0 amide bonds. The number of thiol groups is 1. The van der Waals surface area contributed by atoms with Crippen LogP contribution in [-0.2, 0) is 22.4 Å². The minimum Gasteiger partial charge on any atom is -0.343 e. The Kier molecular flexibility index (Phi) is 16.8. The molecule has 0 atom stereocenters. The predicted molar refractivity (Wildman–Crippen MR) is 23.8 cm³/mol. The van der Waals surface area contributed by atoms with Crippen LogP contribution in [0.2, 0.25) is 0 Å². The first kappa shape index (κ1) is 9.43. The van der Waals surface area contributed by atoms with Gasteiger partial charge in [0.1, 0.15) is 0 Å². The average Bonchev–Trinajstić information content (AvgIpc) is 1.37. The molecule has 5 heavy (non-hydrogen) atoms. The molecule has 0 bridgehead atoms. The molecular formula is C3H7AuS. The Bertz CT molecular complexity index is 8.85. The van der Waals surface area contributed by atoms with Crippen molar-refractivity contribution in [1.82, 2.24) is 0 Å². The van der Waals surface area contributed by atoms with Gasteiger partial charge in [-0.05, 0) is 5.75 Å². The summed E-state index contributed by atoms with van der Waals surface area (Å²) in [6, 6.07) is 0. The SMILES string of the molecule is [Au+].[CH2-]CCS. The molecule has 0 aromatic carbocycles. The second kappa shape index (κ2) is 8.92. The van der Waals surface area contributed by atoms with Gasteiger partial charge in [-0.25, -0.2) is 0 Å². The van der Waals surface area contributed by atoms with E-state index in [9.17, 15) is 0 Å². The molecule has 2 heteroatoms. The zero-order valence-corrected chi connectivity index (χ0v) is 5.93. The normalized spacial score (nSPS) is 6.00. The van der Waals surface area contributed by atoms with E-state index in [4.69, 9.17) is 0 Å². The molecule has 0 rings (SSSR count). The smallest absolute Gasteiger partial charge is 0.343 e. The van der Waals surface area contributed by atoms with Gasteiger partial charge in [0, 0.05) is 0 Å². The Morgan fingerprint density at radius 2 is 1.80 bits per heavy atom. The van der Waals surface area contributed by atoms with Crippen molar-refractivity contribution in [2.75, 3.05) is 5.75 Å². The summed E-state index contributed by atoms with van der Waals surface area (Å²) in [5.74, 6) is 0.903. The van der Waals surface area contributed by atoms with Gasteiger partial charge >= 0.3 is 22.4 Å². The molecule has 0 spiro atoms. The van der Waals surface area contributed by atoms with Gasteiger partial charge in [0.05, 0.1) is 0 Å². The molecule has 0 aliphatic heterocycles. The second-order valence-electron chi connectivity index (χ2n) is 0.577. The maximum absolute atomic E-state index is 3.86. The van der Waals surface area contributed by atoms with E-state index in [1.165, 1.54) is 0 Å². The van der Waals surface area contributed by atoms with Crippen LogP contribution in [-0.4, -0.2) is 5.75 Å². The Labute approximate surface area is 54.3 Å². The van der Waals surface area contributed by atoms with E-state index in [0.29, 0.717) is 0 Å². The van der Waals surface area contributed by atoms with E-state index >= 15 is 0 Å². The van der Waals surface area contributed by atoms with Crippen LogP contribution in [0, 0.1) is 6.92 Å². The zero-order chi connectivity index (χ0) is 3.41. The molecule has 36 valence electrons. The quantitative estimate of drug-likeness (QED) is 0.413. The standard InChI is InChI=1S/C3H7S.Au/c1-2-3-4;/h4H,1-3H2;/q-1;+1. The maximum atomic E-state index is 3.86. The van der Waals surface area contributed by atoms with Gasteiger partial charge in [-0.3, -0.25) is 0 Å². The largest absolute Gasteiger partial charge is 1.00 e. The van der Waals surface area contributed by atoms with Crippen LogP contribution in [0.25, 0.3) is 0 Å². The first-order valence-electron chi connectivity index (χ1n) is 1.32. The van der Waals surface area contributed by atoms with E-state index in [0.717, 1.165) is 12.2 Å². The van der Waals surface area contributed by atoms with Gasteiger partial charge in [0.15, 0.2) is 0 Å². The van der Waals surface area contributed by atoms with E-state index in [2.05, 4.69) is 19.6 Å². The van der Waals surface area contributed by atoms with Crippen molar-refractivity contribution < 1.29 is 22.4 Å². The topological polar surface area (TPSA) is 0 Å². The van der Waals surface area contributed by atoms with Crippen LogP contribution >= 0.6 is 12.6 Å². The molecule has 0 heterocycles. The summed E-state index contributed by atoms with van der Waals surface area (Å²) in [4.78, 5) is 0. The molecule has 0 aromatic heterocycles. The van der Waals surface area contributed by atoms with Crippen LogP contribution in [0.3, 0.4) is 0 Å². The van der Waals surface area contributed by atoms with Gasteiger partial charge in [0.25, 0.3) is 0 Å². The molecule has 0 fully saturated rings. The van der Waals surface area contributed by atoms with Gasteiger partial charge < -0.3 is 6.92 Å². The van der Waals surface area contributed by atoms with Gasteiger partial charge in [-0.15, -0.1) is 0 Å². The van der Waals surface area contributed by atoms with Crippen LogP contribution < -0.4 is 0 Å². The molecule has 0 nitrogen and oxygen atoms in total. The molecule has 0 saturated heterocycles. The minimum absolute atomic E-state index is 0. The minimum atomic E-state index is 0. The van der Waals surface area contributed by atoms with Crippen molar-refractivity contribution in [3.8, 4) is 0 Å². The third kappa shape index (κ3) is 11.1. The van der Waals surface area contributed by atoms with Gasteiger partial charge in [-0.1, -0.05) is 0 Å². The van der Waals surface area contributed by atoms with Crippen molar-refractivity contribution in [2.24, 2.45) is 0 Å². The maximum Gasteiger partial charge on any atom is 1.00 e. The molecule has 0 aliphatic rings. The van der Waals surface area contributed by atoms with Crippen LogP contribution in [0.1, 0.15) is 6.42 Å². The van der Waals surface area contributed by atoms with Crippen LogP contribution in [0.5, 0.6) is 0 Å². The Morgan fingerprint density at radius 1 is 1.60 bits per heavy atom. The zero-order valence-electron chi connectivity index (χ0n) is 2.87. The van der Waals surface area contributed by atoms with Crippen molar-refractivity contribution in [1.29, 1.82) is 0 Å². The first-order valence-corrected chi connectivity index (χ1v) is 1.95. The van der Waals surface area contributed by atoms with Crippen molar-refractivity contribution in [3.63, 3.8) is 0 Å². The number of hydrogen-bond donors (Lipinski definition) is 1. The number of hydrogen-bond acceptors (Lipinski definition) is 1. The third-order valence-electron chi connectivity index (χ3n) is 0.158. The molecule has 0 saturated carbocycles. The fourth-order valence-corrected chi connectivity index (χ4v) is 0. The fourth-order valence-electron chi connectivity index (χ4n) is 0. The Balaban J connectivity index is 0. The Morgan fingerprint density at radius 3 is 1.80 bits per heavy atom. The molecule has 0 N–H and O–H groups in total. The summed E-state index contributed by atoms with van der Waals surface area (Å²) in [5.41, 5.74) is 0. The van der Waals surface area contributed by atoms with Crippen LogP contribution in [0.15, 0.2) is 0 Å². The van der Waals surface area contributed by atoms with E-state index < -0.39 is 0 Å². The summed E-state index contributed by atoms with van der Waals surface area (Å²) in [6.45, 7) is 3.53. The number of rotatable bonds is 1. The van der Waals surface area contributed by atoms with Gasteiger partial charge in [-0.2, -0.15) is 19.0 Å². The van der Waals surface area contributed by atoms with Crippen molar-refractivity contribution in [3.05, 3.63) is 6.92 Å². The molecule has 0 unspecified atom stereocenters. The van der Waals surface area contributed by atoms with E-state index in [1.807, 2.05) is 0 Å². The summed E-state index contributed by atoms with van der Waals surface area (Å²) in [6.07, 6.45) is 0.934. The molecular weight excluding hydrogens is 265 g/mol. The summed E-state index contributed by atoms with van der Waals surface area (Å²) in [7, 11) is 0. The predicted octanol–water partition coefficient (Wildman–Crippen LogP) is 1.14. The Hall–Kier alpha value is 1.09. The van der Waals surface area contributed by atoms with Crippen molar-refractivity contribution >= 4 is 12.6 Å². The van der Waals surface area contributed by atoms with Crippen LogP contribution in [0.4, 0.5) is 0 Å². The summed E-state index contributed by atoms with van der Waals surface area (Å²) < 4.78 is 0. The first-order chi connectivity index (χ1) is 1.91.